The van der Waals surface area contributed by atoms with E-state index in [-0.39, 0.29) is 6.42 Å². The zero-order chi connectivity index (χ0) is 13.7. The molecular formula is C12H17NO4S. The molecule has 18 heavy (non-hydrogen) atoms. The molecule has 100 valence electrons. The van der Waals surface area contributed by atoms with E-state index < -0.39 is 12.0 Å². The van der Waals surface area contributed by atoms with Gasteiger partial charge in [0.25, 0.3) is 0 Å². The molecule has 0 amide bonds. The summed E-state index contributed by atoms with van der Waals surface area (Å²) in [6, 6.07) is 2.92. The SMILES string of the molecule is COc1cc(C(N)CC(=O)O)c(OC)cc1SC. The molecule has 0 fully saturated rings. The summed E-state index contributed by atoms with van der Waals surface area (Å²) in [6.45, 7) is 0. The average molecular weight is 271 g/mol. The van der Waals surface area contributed by atoms with Crippen molar-refractivity contribution < 1.29 is 19.4 Å². The molecule has 5 nitrogen and oxygen atoms in total. The molecule has 1 unspecified atom stereocenters. The van der Waals surface area contributed by atoms with Crippen molar-refractivity contribution in [2.45, 2.75) is 17.4 Å². The number of nitrogens with two attached hydrogens (primary N) is 1. The fourth-order valence-corrected chi connectivity index (χ4v) is 2.21. The molecule has 1 aromatic carbocycles. The third-order valence-corrected chi connectivity index (χ3v) is 3.29. The predicted octanol–water partition coefficient (Wildman–Crippen LogP) is 1.90. The quantitative estimate of drug-likeness (QED) is 0.769. The van der Waals surface area contributed by atoms with Crippen LogP contribution in [-0.4, -0.2) is 31.6 Å². The lowest BCUT2D eigenvalue weighted by molar-refractivity contribution is -0.137. The van der Waals surface area contributed by atoms with E-state index in [9.17, 15) is 4.79 Å². The number of carbonyl (C=O) groups is 1. The highest BCUT2D eigenvalue weighted by Gasteiger charge is 2.18. The number of aliphatic carboxylic acids is 1. The average Bonchev–Trinajstić information content (AvgIpc) is 2.36. The first-order valence-corrected chi connectivity index (χ1v) is 6.53. The van der Waals surface area contributed by atoms with Crippen LogP contribution in [0.25, 0.3) is 0 Å². The number of thioether (sulfide) groups is 1. The van der Waals surface area contributed by atoms with Crippen molar-refractivity contribution in [1.29, 1.82) is 0 Å². The lowest BCUT2D eigenvalue weighted by Crippen LogP contribution is -2.16. The standard InChI is InChI=1S/C12H17NO4S/c1-16-9-6-11(18-3)10(17-2)4-7(9)8(13)5-12(14)15/h4,6,8H,5,13H2,1-3H3,(H,14,15). The number of ether oxygens (including phenoxy) is 2. The molecule has 1 rings (SSSR count). The summed E-state index contributed by atoms with van der Waals surface area (Å²) in [6.07, 6.45) is 1.77. The van der Waals surface area contributed by atoms with Gasteiger partial charge >= 0.3 is 5.97 Å². The van der Waals surface area contributed by atoms with E-state index in [4.69, 9.17) is 20.3 Å². The highest BCUT2D eigenvalue weighted by Crippen LogP contribution is 2.37. The number of hydrogen-bond acceptors (Lipinski definition) is 5. The largest absolute Gasteiger partial charge is 0.496 e. The molecular weight excluding hydrogens is 254 g/mol. The Hall–Kier alpha value is -1.40. The Kier molecular flexibility index (Phi) is 5.30. The third-order valence-electron chi connectivity index (χ3n) is 2.53. The van der Waals surface area contributed by atoms with Crippen LogP contribution in [0, 0.1) is 0 Å². The van der Waals surface area contributed by atoms with Gasteiger partial charge in [0.1, 0.15) is 11.5 Å². The first-order chi connectivity index (χ1) is 8.53. The van der Waals surface area contributed by atoms with Gasteiger partial charge in [-0.3, -0.25) is 4.79 Å². The minimum absolute atomic E-state index is 0.155. The van der Waals surface area contributed by atoms with Gasteiger partial charge in [-0.15, -0.1) is 11.8 Å². The second-order valence-electron chi connectivity index (χ2n) is 3.65. The molecule has 3 N–H and O–H groups in total. The Morgan fingerprint density at radius 3 is 2.44 bits per heavy atom. The van der Waals surface area contributed by atoms with Gasteiger partial charge in [-0.25, -0.2) is 0 Å². The summed E-state index contributed by atoms with van der Waals surface area (Å²) >= 11 is 1.52. The molecule has 0 aromatic heterocycles. The van der Waals surface area contributed by atoms with Gasteiger partial charge in [0, 0.05) is 11.6 Å². The maximum Gasteiger partial charge on any atom is 0.305 e. The van der Waals surface area contributed by atoms with Gasteiger partial charge in [-0.1, -0.05) is 0 Å². The summed E-state index contributed by atoms with van der Waals surface area (Å²) in [5.41, 5.74) is 6.50. The van der Waals surface area contributed by atoms with E-state index >= 15 is 0 Å². The Morgan fingerprint density at radius 2 is 2.00 bits per heavy atom. The van der Waals surface area contributed by atoms with E-state index in [1.807, 2.05) is 6.26 Å². The molecule has 1 atom stereocenters. The van der Waals surface area contributed by atoms with Crippen molar-refractivity contribution in [2.75, 3.05) is 20.5 Å². The van der Waals surface area contributed by atoms with Crippen LogP contribution in [-0.2, 0) is 4.79 Å². The van der Waals surface area contributed by atoms with Crippen LogP contribution in [0.5, 0.6) is 11.5 Å². The maximum absolute atomic E-state index is 10.7. The Bertz CT molecular complexity index is 436. The van der Waals surface area contributed by atoms with E-state index in [1.165, 1.54) is 18.9 Å². The molecule has 0 bridgehead atoms. The summed E-state index contributed by atoms with van der Waals surface area (Å²) in [5, 5.41) is 8.78. The van der Waals surface area contributed by atoms with Crippen molar-refractivity contribution in [3.63, 3.8) is 0 Å². The van der Waals surface area contributed by atoms with Crippen molar-refractivity contribution in [1.82, 2.24) is 0 Å². The Balaban J connectivity index is 3.20. The van der Waals surface area contributed by atoms with E-state index in [1.54, 1.807) is 19.2 Å². The van der Waals surface area contributed by atoms with Crippen LogP contribution in [0.1, 0.15) is 18.0 Å². The fourth-order valence-electron chi connectivity index (χ4n) is 1.64. The monoisotopic (exact) mass is 271 g/mol. The van der Waals surface area contributed by atoms with Gasteiger partial charge < -0.3 is 20.3 Å². The zero-order valence-corrected chi connectivity index (χ0v) is 11.4. The number of methoxy groups -OCH3 is 2. The lowest BCUT2D eigenvalue weighted by Gasteiger charge is -2.17. The fraction of sp³-hybridized carbons (Fsp3) is 0.417. The van der Waals surface area contributed by atoms with Crippen molar-refractivity contribution in [3.8, 4) is 11.5 Å². The number of carboxylic acids is 1. The number of rotatable bonds is 6. The predicted molar refractivity (Wildman–Crippen MR) is 70.5 cm³/mol. The highest BCUT2D eigenvalue weighted by molar-refractivity contribution is 7.98. The van der Waals surface area contributed by atoms with Crippen LogP contribution in [0.2, 0.25) is 0 Å². The maximum atomic E-state index is 10.7. The number of carboxylic acid groups (broad SMARTS) is 1. The second kappa shape index (κ2) is 6.51. The molecule has 0 aliphatic heterocycles. The highest BCUT2D eigenvalue weighted by atomic mass is 32.2. The summed E-state index contributed by atoms with van der Waals surface area (Å²) in [7, 11) is 3.09. The first-order valence-electron chi connectivity index (χ1n) is 5.30. The minimum Gasteiger partial charge on any atom is -0.496 e. The van der Waals surface area contributed by atoms with Gasteiger partial charge in [0.15, 0.2) is 0 Å². The van der Waals surface area contributed by atoms with Crippen molar-refractivity contribution >= 4 is 17.7 Å². The van der Waals surface area contributed by atoms with Gasteiger partial charge in [-0.2, -0.15) is 0 Å². The van der Waals surface area contributed by atoms with Crippen LogP contribution in [0.15, 0.2) is 17.0 Å². The minimum atomic E-state index is -0.947. The zero-order valence-electron chi connectivity index (χ0n) is 10.6. The molecule has 0 saturated heterocycles. The van der Waals surface area contributed by atoms with Crippen LogP contribution < -0.4 is 15.2 Å². The normalized spacial score (nSPS) is 12.0. The van der Waals surface area contributed by atoms with Crippen molar-refractivity contribution in [2.24, 2.45) is 5.73 Å². The number of benzene rings is 1. The molecule has 1 aromatic rings. The van der Waals surface area contributed by atoms with Gasteiger partial charge in [0.2, 0.25) is 0 Å². The van der Waals surface area contributed by atoms with E-state index in [0.29, 0.717) is 17.1 Å². The molecule has 0 radical (unpaired) electrons. The van der Waals surface area contributed by atoms with Crippen LogP contribution >= 0.6 is 11.8 Å². The van der Waals surface area contributed by atoms with Gasteiger partial charge in [-0.05, 0) is 18.4 Å². The van der Waals surface area contributed by atoms with Crippen LogP contribution in [0.3, 0.4) is 0 Å². The molecule has 0 aliphatic rings. The summed E-state index contributed by atoms with van der Waals surface area (Å²) in [4.78, 5) is 11.6. The Labute approximate surface area is 110 Å². The molecule has 0 spiro atoms. The molecule has 0 saturated carbocycles. The first kappa shape index (κ1) is 14.7. The van der Waals surface area contributed by atoms with Gasteiger partial charge in [0.05, 0.1) is 25.5 Å². The van der Waals surface area contributed by atoms with Crippen molar-refractivity contribution in [3.05, 3.63) is 17.7 Å². The third kappa shape index (κ3) is 3.30. The smallest absolute Gasteiger partial charge is 0.305 e. The number of hydrogen-bond donors (Lipinski definition) is 2. The van der Waals surface area contributed by atoms with E-state index in [0.717, 1.165) is 4.90 Å². The molecule has 0 heterocycles. The lowest BCUT2D eigenvalue weighted by atomic mass is 10.0. The Morgan fingerprint density at radius 1 is 1.39 bits per heavy atom. The van der Waals surface area contributed by atoms with E-state index in [2.05, 4.69) is 0 Å². The van der Waals surface area contributed by atoms with Crippen LogP contribution in [0.4, 0.5) is 0 Å². The second-order valence-corrected chi connectivity index (χ2v) is 4.50. The summed E-state index contributed by atoms with van der Waals surface area (Å²) in [5.74, 6) is 0.297. The molecule has 0 aliphatic carbocycles. The summed E-state index contributed by atoms with van der Waals surface area (Å²) < 4.78 is 10.5. The molecule has 6 heteroatoms. The topological polar surface area (TPSA) is 81.8 Å².